The van der Waals surface area contributed by atoms with Crippen LogP contribution in [-0.4, -0.2) is 37.0 Å². The summed E-state index contributed by atoms with van der Waals surface area (Å²) < 4.78 is 16.7. The highest BCUT2D eigenvalue weighted by atomic mass is 19.1. The van der Waals surface area contributed by atoms with E-state index in [9.17, 15) is 9.18 Å². The maximum atomic E-state index is 14.7. The van der Waals surface area contributed by atoms with Crippen molar-refractivity contribution in [3.05, 3.63) is 77.4 Å². The van der Waals surface area contributed by atoms with Crippen LogP contribution in [0, 0.1) is 12.7 Å². The van der Waals surface area contributed by atoms with Gasteiger partial charge in [0.05, 0.1) is 23.8 Å². The fraction of sp³-hybridized carbons (Fsp3) is 0.296. The minimum atomic E-state index is -0.588. The lowest BCUT2D eigenvalue weighted by Gasteiger charge is -2.32. The molecule has 0 radical (unpaired) electrons. The highest BCUT2D eigenvalue weighted by Gasteiger charge is 2.32. The first kappa shape index (κ1) is 22.3. The van der Waals surface area contributed by atoms with E-state index in [4.69, 9.17) is 0 Å². The second-order valence-electron chi connectivity index (χ2n) is 10.2. The predicted molar refractivity (Wildman–Crippen MR) is 134 cm³/mol. The summed E-state index contributed by atoms with van der Waals surface area (Å²) in [6.45, 7) is 6.62. The average Bonchev–Trinajstić information content (AvgIpc) is 3.60. The first-order chi connectivity index (χ1) is 17.3. The lowest BCUT2D eigenvalue weighted by molar-refractivity contribution is 0.0929. The van der Waals surface area contributed by atoms with E-state index in [0.717, 1.165) is 34.3 Å². The maximum Gasteiger partial charge on any atom is 0.253 e. The number of rotatable bonds is 5. The topological polar surface area (TPSA) is 97.6 Å². The van der Waals surface area contributed by atoms with Gasteiger partial charge in [0.2, 0.25) is 0 Å². The number of benzene rings is 1. The number of amides is 1. The number of aryl methyl sites for hydroxylation is 1. The Morgan fingerprint density at radius 1 is 1.14 bits per heavy atom. The molecule has 1 amide bonds. The van der Waals surface area contributed by atoms with Gasteiger partial charge in [0, 0.05) is 41.5 Å². The van der Waals surface area contributed by atoms with Gasteiger partial charge in [0.1, 0.15) is 5.82 Å². The molecule has 182 valence electrons. The number of aromatic nitrogens is 5. The Kier molecular flexibility index (Phi) is 5.10. The van der Waals surface area contributed by atoms with Crippen LogP contribution >= 0.6 is 0 Å². The first-order valence-electron chi connectivity index (χ1n) is 12.0. The summed E-state index contributed by atoms with van der Waals surface area (Å²) in [5.74, 6) is 0.689. The Morgan fingerprint density at radius 3 is 2.75 bits per heavy atom. The molecule has 9 heteroatoms. The molecule has 2 aliphatic rings. The van der Waals surface area contributed by atoms with Gasteiger partial charge in [-0.1, -0.05) is 13.8 Å². The third-order valence-electron chi connectivity index (χ3n) is 6.89. The molecular weight excluding hydrogens is 457 g/mol. The van der Waals surface area contributed by atoms with Crippen LogP contribution in [0.3, 0.4) is 0 Å². The molecule has 0 atom stereocenters. The lowest BCUT2D eigenvalue weighted by Crippen LogP contribution is -2.43. The second-order valence-corrected chi connectivity index (χ2v) is 10.2. The molecule has 1 aliphatic carbocycles. The molecule has 0 spiro atoms. The molecule has 1 aliphatic heterocycles. The third kappa shape index (κ3) is 4.00. The van der Waals surface area contributed by atoms with Gasteiger partial charge in [-0.2, -0.15) is 0 Å². The van der Waals surface area contributed by atoms with Gasteiger partial charge in [0.25, 0.3) is 5.91 Å². The molecule has 4 aromatic rings. The first-order valence-corrected chi connectivity index (χ1v) is 12.0. The van der Waals surface area contributed by atoms with Gasteiger partial charge in [-0.25, -0.2) is 24.3 Å². The van der Waals surface area contributed by atoms with Crippen molar-refractivity contribution in [1.29, 1.82) is 0 Å². The molecule has 1 aromatic carbocycles. The van der Waals surface area contributed by atoms with Crippen molar-refractivity contribution < 1.29 is 9.18 Å². The quantitative estimate of drug-likeness (QED) is 0.423. The van der Waals surface area contributed by atoms with E-state index in [1.54, 1.807) is 6.07 Å². The minimum absolute atomic E-state index is 0.0240. The normalized spacial score (nSPS) is 16.4. The van der Waals surface area contributed by atoms with Crippen LogP contribution in [0.25, 0.3) is 17.1 Å². The summed E-state index contributed by atoms with van der Waals surface area (Å²) in [4.78, 5) is 29.7. The highest BCUT2D eigenvalue weighted by molar-refractivity contribution is 5.97. The number of carbonyl (C=O) groups excluding carboxylic acids is 1. The van der Waals surface area contributed by atoms with Crippen molar-refractivity contribution in [2.45, 2.75) is 44.9 Å². The molecular formula is C27H26FN7O. The number of nitrogens with one attached hydrogen (secondary N) is 2. The molecule has 36 heavy (non-hydrogen) atoms. The van der Waals surface area contributed by atoms with E-state index < -0.39 is 5.82 Å². The van der Waals surface area contributed by atoms with E-state index in [-0.39, 0.29) is 17.1 Å². The second kappa shape index (κ2) is 8.22. The zero-order valence-corrected chi connectivity index (χ0v) is 20.3. The molecule has 3 aromatic heterocycles. The zero-order chi connectivity index (χ0) is 25.0. The van der Waals surface area contributed by atoms with E-state index in [0.29, 0.717) is 29.7 Å². The van der Waals surface area contributed by atoms with Gasteiger partial charge in [-0.15, -0.1) is 0 Å². The number of pyridine rings is 1. The van der Waals surface area contributed by atoms with Gasteiger partial charge in [0.15, 0.2) is 17.5 Å². The molecule has 8 nitrogen and oxygen atoms in total. The van der Waals surface area contributed by atoms with Gasteiger partial charge in [-0.05, 0) is 55.2 Å². The molecule has 0 unspecified atom stereocenters. The van der Waals surface area contributed by atoms with Crippen LogP contribution in [0.4, 0.5) is 16.0 Å². The SMILES string of the molecule is Cc1cc(-c2ncc(F)c(Nc3cc4c(cn3)C(=O)NCC4(C)C)n2)ccc1-n1cnc(C2CC2)c1. The lowest BCUT2D eigenvalue weighted by atomic mass is 9.79. The van der Waals surface area contributed by atoms with Crippen LogP contribution in [0.5, 0.6) is 0 Å². The molecule has 1 saturated carbocycles. The van der Waals surface area contributed by atoms with Crippen LogP contribution in [0.15, 0.2) is 49.2 Å². The number of anilines is 2. The van der Waals surface area contributed by atoms with E-state index in [2.05, 4.69) is 36.8 Å². The summed E-state index contributed by atoms with van der Waals surface area (Å²) in [7, 11) is 0. The van der Waals surface area contributed by atoms with Crippen molar-refractivity contribution in [2.75, 3.05) is 11.9 Å². The predicted octanol–water partition coefficient (Wildman–Crippen LogP) is 4.81. The summed E-state index contributed by atoms with van der Waals surface area (Å²) in [6.07, 6.45) is 9.03. The zero-order valence-electron chi connectivity index (χ0n) is 20.3. The number of carbonyl (C=O) groups is 1. The van der Waals surface area contributed by atoms with Crippen molar-refractivity contribution in [3.8, 4) is 17.1 Å². The van der Waals surface area contributed by atoms with Crippen molar-refractivity contribution in [3.63, 3.8) is 0 Å². The Morgan fingerprint density at radius 2 is 1.97 bits per heavy atom. The number of halogens is 1. The molecule has 2 N–H and O–H groups in total. The number of hydrogen-bond donors (Lipinski definition) is 2. The molecule has 4 heterocycles. The van der Waals surface area contributed by atoms with Crippen LogP contribution in [0.1, 0.15) is 59.8 Å². The number of imidazole rings is 1. The Hall–Kier alpha value is -4.14. The highest BCUT2D eigenvalue weighted by Crippen LogP contribution is 2.39. The smallest absolute Gasteiger partial charge is 0.253 e. The van der Waals surface area contributed by atoms with E-state index >= 15 is 0 Å². The van der Waals surface area contributed by atoms with E-state index in [1.807, 2.05) is 49.9 Å². The van der Waals surface area contributed by atoms with Gasteiger partial charge in [-0.3, -0.25) is 4.79 Å². The summed E-state index contributed by atoms with van der Waals surface area (Å²) in [5.41, 5.74) is 5.09. The summed E-state index contributed by atoms with van der Waals surface area (Å²) in [5, 5.41) is 5.85. The Balaban J connectivity index is 1.29. The molecule has 1 fully saturated rings. The van der Waals surface area contributed by atoms with Crippen LogP contribution in [0.2, 0.25) is 0 Å². The molecule has 0 bridgehead atoms. The fourth-order valence-corrected chi connectivity index (χ4v) is 4.62. The van der Waals surface area contributed by atoms with E-state index in [1.165, 1.54) is 19.0 Å². The van der Waals surface area contributed by atoms with Crippen molar-refractivity contribution in [2.24, 2.45) is 0 Å². The Bertz CT molecular complexity index is 1510. The van der Waals surface area contributed by atoms with Crippen LogP contribution < -0.4 is 10.6 Å². The standard InChI is InChI=1S/C27H26FN7O/c1-15-8-17(6-7-22(15)35-12-21(32-14-35)16-4-5-16)24-30-11-20(28)25(34-24)33-23-9-19-18(10-29-23)26(36)31-13-27(19,2)3/h6-12,14,16H,4-5,13H2,1-3H3,(H,31,36)(H,29,30,33,34). The fourth-order valence-electron chi connectivity index (χ4n) is 4.62. The molecule has 6 rings (SSSR count). The summed E-state index contributed by atoms with van der Waals surface area (Å²) >= 11 is 0. The maximum absolute atomic E-state index is 14.7. The van der Waals surface area contributed by atoms with Crippen molar-refractivity contribution in [1.82, 2.24) is 29.8 Å². The van der Waals surface area contributed by atoms with Gasteiger partial charge < -0.3 is 15.2 Å². The average molecular weight is 484 g/mol. The van der Waals surface area contributed by atoms with Crippen LogP contribution in [-0.2, 0) is 5.41 Å². The minimum Gasteiger partial charge on any atom is -0.351 e. The third-order valence-corrected chi connectivity index (χ3v) is 6.89. The van der Waals surface area contributed by atoms with Gasteiger partial charge >= 0.3 is 0 Å². The molecule has 0 saturated heterocycles. The number of fused-ring (bicyclic) bond motifs is 1. The van der Waals surface area contributed by atoms with Crippen molar-refractivity contribution >= 4 is 17.5 Å². The number of nitrogens with zero attached hydrogens (tertiary/aromatic N) is 5. The Labute approximate surface area is 208 Å². The largest absolute Gasteiger partial charge is 0.351 e. The monoisotopic (exact) mass is 483 g/mol. The summed E-state index contributed by atoms with van der Waals surface area (Å²) in [6, 6.07) is 7.70. The number of hydrogen-bond acceptors (Lipinski definition) is 6.